The van der Waals surface area contributed by atoms with Crippen molar-refractivity contribution in [2.24, 2.45) is 11.8 Å². The number of allylic oxidation sites excluding steroid dienone is 2. The molecule has 1 saturated carbocycles. The molecule has 0 aromatic rings. The number of aliphatic hydroxyl groups excluding tert-OH is 3. The second-order valence-corrected chi connectivity index (χ2v) is 8.93. The first-order valence-corrected chi connectivity index (χ1v) is 10.5. The van der Waals surface area contributed by atoms with Crippen LogP contribution in [0.4, 0.5) is 0 Å². The lowest BCUT2D eigenvalue weighted by molar-refractivity contribution is -0.149. The number of carbonyl (C=O) groups is 1. The third kappa shape index (κ3) is 5.88. The van der Waals surface area contributed by atoms with Crippen molar-refractivity contribution in [3.8, 4) is 0 Å². The molecule has 0 radical (unpaired) electrons. The maximum atomic E-state index is 12.5. The first-order chi connectivity index (χ1) is 11.9. The molecule has 2 rings (SSSR count). The quantitative estimate of drug-likeness (QED) is 0.501. The van der Waals surface area contributed by atoms with E-state index in [-0.39, 0.29) is 36.7 Å². The van der Waals surface area contributed by atoms with E-state index in [1.165, 1.54) is 0 Å². The van der Waals surface area contributed by atoms with Gasteiger partial charge in [-0.3, -0.25) is 9.00 Å². The van der Waals surface area contributed by atoms with Crippen LogP contribution in [0.2, 0.25) is 0 Å². The van der Waals surface area contributed by atoms with Crippen LogP contribution in [0, 0.1) is 11.8 Å². The smallest absolute Gasteiger partial charge is 0.307 e. The molecular weight excluding hydrogens is 344 g/mol. The Morgan fingerprint density at radius 3 is 2.80 bits per heavy atom. The number of rotatable bonds is 3. The zero-order valence-electron chi connectivity index (χ0n) is 14.8. The number of fused-ring (bicyclic) bond motifs is 1. The summed E-state index contributed by atoms with van der Waals surface area (Å²) < 4.78 is 17.9. The first kappa shape index (κ1) is 20.6. The second-order valence-electron chi connectivity index (χ2n) is 7.15. The van der Waals surface area contributed by atoms with Gasteiger partial charge in [-0.2, -0.15) is 0 Å². The molecule has 144 valence electrons. The van der Waals surface area contributed by atoms with Gasteiger partial charge in [-0.05, 0) is 50.9 Å². The number of carbonyl (C=O) groups excluding carboxylic acids is 1. The molecule has 3 N–H and O–H groups in total. The van der Waals surface area contributed by atoms with Crippen LogP contribution in [0.5, 0.6) is 0 Å². The van der Waals surface area contributed by atoms with E-state index in [1.807, 2.05) is 13.0 Å². The molecule has 0 bridgehead atoms. The number of hydrogen-bond acceptors (Lipinski definition) is 6. The Labute approximate surface area is 151 Å². The molecule has 1 heterocycles. The van der Waals surface area contributed by atoms with E-state index < -0.39 is 34.2 Å². The topological polar surface area (TPSA) is 104 Å². The summed E-state index contributed by atoms with van der Waals surface area (Å²) in [5, 5.41) is 29.2. The van der Waals surface area contributed by atoms with E-state index >= 15 is 0 Å². The van der Waals surface area contributed by atoms with Crippen LogP contribution < -0.4 is 0 Å². The summed E-state index contributed by atoms with van der Waals surface area (Å²) in [6.07, 6.45) is 5.77. The second kappa shape index (κ2) is 9.80. The van der Waals surface area contributed by atoms with Crippen LogP contribution in [0.1, 0.15) is 45.4 Å². The number of cyclic esters (lactones) is 1. The molecule has 25 heavy (non-hydrogen) atoms. The third-order valence-corrected chi connectivity index (χ3v) is 6.86. The molecule has 0 aromatic heterocycles. The highest BCUT2D eigenvalue weighted by molar-refractivity contribution is 7.85. The summed E-state index contributed by atoms with van der Waals surface area (Å²) >= 11 is 0. The predicted molar refractivity (Wildman–Crippen MR) is 95.3 cm³/mol. The number of aliphatic hydroxyl groups is 3. The highest BCUT2D eigenvalue weighted by atomic mass is 32.2. The molecule has 1 aliphatic carbocycles. The molecule has 1 fully saturated rings. The van der Waals surface area contributed by atoms with Crippen molar-refractivity contribution in [2.45, 2.75) is 69.0 Å². The molecule has 0 saturated heterocycles. The van der Waals surface area contributed by atoms with Crippen LogP contribution in [0.15, 0.2) is 12.2 Å². The predicted octanol–water partition coefficient (Wildman–Crippen LogP) is 0.906. The zero-order chi connectivity index (χ0) is 18.4. The van der Waals surface area contributed by atoms with Crippen LogP contribution >= 0.6 is 0 Å². The van der Waals surface area contributed by atoms with Gasteiger partial charge in [-0.25, -0.2) is 0 Å². The Morgan fingerprint density at radius 1 is 1.32 bits per heavy atom. The lowest BCUT2D eigenvalue weighted by Crippen LogP contribution is -2.41. The molecule has 7 atom stereocenters. The fourth-order valence-corrected chi connectivity index (χ4v) is 5.18. The van der Waals surface area contributed by atoms with Gasteiger partial charge in [-0.15, -0.1) is 0 Å². The maximum Gasteiger partial charge on any atom is 0.307 e. The molecule has 0 amide bonds. The number of esters is 1. The van der Waals surface area contributed by atoms with Crippen molar-refractivity contribution < 1.29 is 29.1 Å². The normalized spacial score (nSPS) is 40.1. The summed E-state index contributed by atoms with van der Waals surface area (Å²) in [7, 11) is -1.54. The van der Waals surface area contributed by atoms with E-state index in [0.29, 0.717) is 12.8 Å². The Bertz CT molecular complexity index is 494. The van der Waals surface area contributed by atoms with Gasteiger partial charge < -0.3 is 20.1 Å². The van der Waals surface area contributed by atoms with Gasteiger partial charge in [0.05, 0.1) is 36.6 Å². The van der Waals surface area contributed by atoms with Gasteiger partial charge in [0.1, 0.15) is 0 Å². The Morgan fingerprint density at radius 2 is 2.08 bits per heavy atom. The summed E-state index contributed by atoms with van der Waals surface area (Å²) in [5.41, 5.74) is 0. The third-order valence-electron chi connectivity index (χ3n) is 5.15. The largest absolute Gasteiger partial charge is 0.463 e. The average Bonchev–Trinajstić information content (AvgIpc) is 2.92. The van der Waals surface area contributed by atoms with Crippen molar-refractivity contribution >= 4 is 16.8 Å². The van der Waals surface area contributed by atoms with E-state index in [4.69, 9.17) is 9.84 Å². The van der Waals surface area contributed by atoms with Crippen molar-refractivity contribution in [3.05, 3.63) is 12.2 Å². The summed E-state index contributed by atoms with van der Waals surface area (Å²) in [5.74, 6) is -0.691. The van der Waals surface area contributed by atoms with Crippen LogP contribution in [-0.4, -0.2) is 61.4 Å². The Balaban J connectivity index is 2.24. The van der Waals surface area contributed by atoms with Crippen LogP contribution in [0.25, 0.3) is 0 Å². The highest BCUT2D eigenvalue weighted by Gasteiger charge is 2.42. The van der Waals surface area contributed by atoms with Gasteiger partial charge in [0.15, 0.2) is 0 Å². The molecule has 0 aromatic carbocycles. The van der Waals surface area contributed by atoms with E-state index in [0.717, 1.165) is 19.3 Å². The molecule has 0 spiro atoms. The minimum absolute atomic E-state index is 0.00724. The molecular formula is C18H30O6S. The lowest BCUT2D eigenvalue weighted by atomic mass is 9.87. The van der Waals surface area contributed by atoms with Crippen molar-refractivity contribution in [1.82, 2.24) is 0 Å². The minimum Gasteiger partial charge on any atom is -0.463 e. The Hall–Kier alpha value is -0.760. The molecule has 7 heteroatoms. The van der Waals surface area contributed by atoms with Gasteiger partial charge in [0.2, 0.25) is 0 Å². The summed E-state index contributed by atoms with van der Waals surface area (Å²) in [6, 6.07) is 0. The summed E-state index contributed by atoms with van der Waals surface area (Å²) in [6.45, 7) is 1.57. The van der Waals surface area contributed by atoms with Crippen molar-refractivity contribution in [1.29, 1.82) is 0 Å². The van der Waals surface area contributed by atoms with Gasteiger partial charge >= 0.3 is 5.97 Å². The standard InChI is InChI=1S/C18H30O6S/c1-12-5-3-2-4-6-13-9-14(20)10-15(13)18(22)16(11-17(21)24-12)25(23)8-7-19/h4,6,12-16,18-20,22H,2-3,5,7-11H2,1H3/b6-4+/t12-,13+,14-,15+,16+,18+,25?/m0/s1. The number of hydrogen-bond donors (Lipinski definition) is 3. The van der Waals surface area contributed by atoms with Crippen molar-refractivity contribution in [3.63, 3.8) is 0 Å². The highest BCUT2D eigenvalue weighted by Crippen LogP contribution is 2.38. The van der Waals surface area contributed by atoms with E-state index in [9.17, 15) is 19.2 Å². The summed E-state index contributed by atoms with van der Waals surface area (Å²) in [4.78, 5) is 12.2. The van der Waals surface area contributed by atoms with E-state index in [2.05, 4.69) is 6.08 Å². The van der Waals surface area contributed by atoms with E-state index in [1.54, 1.807) is 0 Å². The maximum absolute atomic E-state index is 12.5. The molecule has 1 aliphatic heterocycles. The van der Waals surface area contributed by atoms with Gasteiger partial charge in [-0.1, -0.05) is 12.2 Å². The first-order valence-electron chi connectivity index (χ1n) is 9.12. The lowest BCUT2D eigenvalue weighted by Gasteiger charge is -2.29. The SMILES string of the molecule is C[C@H]1CCC/C=C/[C@@H]2C[C@H](O)C[C@H]2[C@@H](O)[C@H](S(=O)CCO)CC(=O)O1. The fourth-order valence-electron chi connectivity index (χ4n) is 3.86. The Kier molecular flexibility index (Phi) is 8.06. The zero-order valence-corrected chi connectivity index (χ0v) is 15.6. The number of ether oxygens (including phenoxy) is 1. The fraction of sp³-hybridized carbons (Fsp3) is 0.833. The van der Waals surface area contributed by atoms with Crippen LogP contribution in [-0.2, 0) is 20.3 Å². The van der Waals surface area contributed by atoms with Crippen molar-refractivity contribution in [2.75, 3.05) is 12.4 Å². The molecule has 2 aliphatic rings. The molecule has 6 nitrogen and oxygen atoms in total. The van der Waals surface area contributed by atoms with Crippen LogP contribution in [0.3, 0.4) is 0 Å². The van der Waals surface area contributed by atoms with Gasteiger partial charge in [0, 0.05) is 16.6 Å². The minimum atomic E-state index is -1.54. The molecule has 1 unspecified atom stereocenters. The van der Waals surface area contributed by atoms with Gasteiger partial charge in [0.25, 0.3) is 0 Å². The average molecular weight is 374 g/mol. The monoisotopic (exact) mass is 374 g/mol.